The van der Waals surface area contributed by atoms with Crippen molar-refractivity contribution < 1.29 is 14.7 Å². The van der Waals surface area contributed by atoms with Crippen LogP contribution in [0.5, 0.6) is 0 Å². The van der Waals surface area contributed by atoms with Crippen molar-refractivity contribution in [3.8, 4) is 0 Å². The number of carbonyl (C=O) groups excluding carboxylic acids is 1. The summed E-state index contributed by atoms with van der Waals surface area (Å²) in [7, 11) is 0. The van der Waals surface area contributed by atoms with E-state index in [4.69, 9.17) is 0 Å². The van der Waals surface area contributed by atoms with Gasteiger partial charge < -0.3 is 15.3 Å². The van der Waals surface area contributed by atoms with Crippen molar-refractivity contribution in [1.82, 2.24) is 10.2 Å². The summed E-state index contributed by atoms with van der Waals surface area (Å²) in [5.41, 5.74) is 0.520. The SMILES string of the molecule is CCC1(C(=O)O)CCN(C(=O)NCC=C(C)C)CC1. The molecular formula is C14H24N2O3. The Morgan fingerprint density at radius 1 is 1.32 bits per heavy atom. The standard InChI is InChI=1S/C14H24N2O3/c1-4-14(12(17)18)6-9-16(10-7-14)13(19)15-8-5-11(2)3/h5H,4,6-10H2,1-3H3,(H,15,19)(H,17,18). The number of likely N-dealkylation sites (tertiary alicyclic amines) is 1. The Hall–Kier alpha value is -1.52. The van der Waals surface area contributed by atoms with Crippen LogP contribution in [0, 0.1) is 5.41 Å². The Balaban J connectivity index is 2.47. The third kappa shape index (κ3) is 3.98. The lowest BCUT2D eigenvalue weighted by molar-refractivity contribution is -0.151. The van der Waals surface area contributed by atoms with Gasteiger partial charge in [0.05, 0.1) is 5.41 Å². The average Bonchev–Trinajstić information content (AvgIpc) is 2.38. The predicted octanol–water partition coefficient (Wildman–Crippen LogP) is 2.24. The van der Waals surface area contributed by atoms with Crippen molar-refractivity contribution in [3.63, 3.8) is 0 Å². The fourth-order valence-electron chi connectivity index (χ4n) is 2.31. The largest absolute Gasteiger partial charge is 0.481 e. The van der Waals surface area contributed by atoms with E-state index >= 15 is 0 Å². The molecule has 1 rings (SSSR count). The second-order valence-corrected chi connectivity index (χ2v) is 5.39. The molecule has 0 aromatic rings. The molecule has 2 N–H and O–H groups in total. The number of aliphatic carboxylic acids is 1. The number of carbonyl (C=O) groups is 2. The molecule has 0 spiro atoms. The van der Waals surface area contributed by atoms with Crippen molar-refractivity contribution in [2.45, 2.75) is 40.0 Å². The van der Waals surface area contributed by atoms with Crippen molar-refractivity contribution in [1.29, 1.82) is 0 Å². The first kappa shape index (κ1) is 15.5. The van der Waals surface area contributed by atoms with Crippen LogP contribution in [-0.4, -0.2) is 41.6 Å². The number of hydrogen-bond acceptors (Lipinski definition) is 2. The second-order valence-electron chi connectivity index (χ2n) is 5.39. The smallest absolute Gasteiger partial charge is 0.317 e. The molecule has 108 valence electrons. The minimum absolute atomic E-state index is 0.104. The molecule has 1 saturated heterocycles. The van der Waals surface area contributed by atoms with Crippen molar-refractivity contribution in [2.75, 3.05) is 19.6 Å². The van der Waals surface area contributed by atoms with E-state index < -0.39 is 11.4 Å². The lowest BCUT2D eigenvalue weighted by atomic mass is 9.76. The van der Waals surface area contributed by atoms with Gasteiger partial charge in [0.2, 0.25) is 0 Å². The number of nitrogens with zero attached hydrogens (tertiary/aromatic N) is 1. The number of amides is 2. The lowest BCUT2D eigenvalue weighted by Gasteiger charge is -2.38. The van der Waals surface area contributed by atoms with Gasteiger partial charge in [-0.2, -0.15) is 0 Å². The van der Waals surface area contributed by atoms with E-state index in [-0.39, 0.29) is 6.03 Å². The van der Waals surface area contributed by atoms with Gasteiger partial charge in [0, 0.05) is 19.6 Å². The van der Waals surface area contributed by atoms with Crippen LogP contribution in [0.25, 0.3) is 0 Å². The van der Waals surface area contributed by atoms with Gasteiger partial charge in [-0.15, -0.1) is 0 Å². The van der Waals surface area contributed by atoms with E-state index in [9.17, 15) is 14.7 Å². The maximum atomic E-state index is 11.9. The molecule has 1 aliphatic rings. The Labute approximate surface area is 114 Å². The highest BCUT2D eigenvalue weighted by atomic mass is 16.4. The van der Waals surface area contributed by atoms with Crippen LogP contribution in [0.2, 0.25) is 0 Å². The normalized spacial score (nSPS) is 17.7. The first-order valence-corrected chi connectivity index (χ1v) is 6.81. The Morgan fingerprint density at radius 2 is 1.89 bits per heavy atom. The summed E-state index contributed by atoms with van der Waals surface area (Å²) in [6.45, 7) is 7.42. The summed E-state index contributed by atoms with van der Waals surface area (Å²) >= 11 is 0. The molecule has 0 saturated carbocycles. The summed E-state index contributed by atoms with van der Waals surface area (Å²) in [4.78, 5) is 24.9. The fraction of sp³-hybridized carbons (Fsp3) is 0.714. The highest BCUT2D eigenvalue weighted by Crippen LogP contribution is 2.35. The van der Waals surface area contributed by atoms with Crippen LogP contribution < -0.4 is 5.32 Å². The van der Waals surface area contributed by atoms with Crippen LogP contribution in [0.15, 0.2) is 11.6 Å². The van der Waals surface area contributed by atoms with Crippen molar-refractivity contribution in [2.24, 2.45) is 5.41 Å². The van der Waals surface area contributed by atoms with E-state index in [2.05, 4.69) is 5.32 Å². The zero-order valence-electron chi connectivity index (χ0n) is 12.0. The van der Waals surface area contributed by atoms with E-state index in [0.29, 0.717) is 38.9 Å². The second kappa shape index (κ2) is 6.59. The Morgan fingerprint density at radius 3 is 2.32 bits per heavy atom. The van der Waals surface area contributed by atoms with E-state index in [0.717, 1.165) is 5.57 Å². The van der Waals surface area contributed by atoms with Crippen molar-refractivity contribution in [3.05, 3.63) is 11.6 Å². The summed E-state index contributed by atoms with van der Waals surface area (Å²) in [6.07, 6.45) is 3.65. The molecule has 1 heterocycles. The topological polar surface area (TPSA) is 69.6 Å². The van der Waals surface area contributed by atoms with Gasteiger partial charge in [0.15, 0.2) is 0 Å². The number of piperidine rings is 1. The number of carboxylic acids is 1. The number of hydrogen-bond donors (Lipinski definition) is 2. The zero-order chi connectivity index (χ0) is 14.5. The minimum atomic E-state index is -0.736. The van der Waals surface area contributed by atoms with Crippen LogP contribution >= 0.6 is 0 Å². The zero-order valence-corrected chi connectivity index (χ0v) is 12.0. The number of allylic oxidation sites excluding steroid dienone is 1. The van der Waals surface area contributed by atoms with Gasteiger partial charge in [-0.05, 0) is 33.1 Å². The molecule has 0 radical (unpaired) electrons. The number of urea groups is 1. The predicted molar refractivity (Wildman–Crippen MR) is 74.0 cm³/mol. The highest BCUT2D eigenvalue weighted by Gasteiger charge is 2.40. The molecule has 5 nitrogen and oxygen atoms in total. The van der Waals surface area contributed by atoms with E-state index in [1.165, 1.54) is 0 Å². The van der Waals surface area contributed by atoms with Gasteiger partial charge in [-0.1, -0.05) is 18.6 Å². The third-order valence-electron chi connectivity index (χ3n) is 3.90. The maximum absolute atomic E-state index is 11.9. The van der Waals surface area contributed by atoms with Gasteiger partial charge in [-0.3, -0.25) is 4.79 Å². The number of carboxylic acid groups (broad SMARTS) is 1. The molecule has 0 aromatic heterocycles. The molecular weight excluding hydrogens is 244 g/mol. The molecule has 0 unspecified atom stereocenters. The van der Waals surface area contributed by atoms with Crippen LogP contribution in [0.3, 0.4) is 0 Å². The Bertz CT molecular complexity index is 365. The molecule has 1 aliphatic heterocycles. The summed E-state index contributed by atoms with van der Waals surface area (Å²) < 4.78 is 0. The molecule has 5 heteroatoms. The van der Waals surface area contributed by atoms with Gasteiger partial charge in [0.1, 0.15) is 0 Å². The van der Waals surface area contributed by atoms with Gasteiger partial charge in [-0.25, -0.2) is 4.79 Å². The van der Waals surface area contributed by atoms with Crippen LogP contribution in [-0.2, 0) is 4.79 Å². The fourth-order valence-corrected chi connectivity index (χ4v) is 2.31. The van der Waals surface area contributed by atoms with Crippen molar-refractivity contribution >= 4 is 12.0 Å². The molecule has 1 fully saturated rings. The summed E-state index contributed by atoms with van der Waals surface area (Å²) in [5.74, 6) is -0.736. The summed E-state index contributed by atoms with van der Waals surface area (Å²) in [6, 6.07) is -0.104. The molecule has 0 bridgehead atoms. The average molecular weight is 268 g/mol. The molecule has 19 heavy (non-hydrogen) atoms. The van der Waals surface area contributed by atoms with Gasteiger partial charge in [0.25, 0.3) is 0 Å². The van der Waals surface area contributed by atoms with E-state index in [1.54, 1.807) is 4.90 Å². The highest BCUT2D eigenvalue weighted by molar-refractivity contribution is 5.77. The number of nitrogens with one attached hydrogen (secondary N) is 1. The lowest BCUT2D eigenvalue weighted by Crippen LogP contribution is -2.49. The summed E-state index contributed by atoms with van der Waals surface area (Å²) in [5, 5.41) is 12.1. The molecule has 2 amide bonds. The maximum Gasteiger partial charge on any atom is 0.317 e. The molecule has 0 aromatic carbocycles. The first-order chi connectivity index (χ1) is 8.91. The minimum Gasteiger partial charge on any atom is -0.481 e. The quantitative estimate of drug-likeness (QED) is 0.768. The monoisotopic (exact) mass is 268 g/mol. The van der Waals surface area contributed by atoms with Crippen LogP contribution in [0.1, 0.15) is 40.0 Å². The van der Waals surface area contributed by atoms with Crippen LogP contribution in [0.4, 0.5) is 4.79 Å². The molecule has 0 atom stereocenters. The first-order valence-electron chi connectivity index (χ1n) is 6.81. The number of rotatable bonds is 4. The Kier molecular flexibility index (Phi) is 5.39. The molecule has 0 aliphatic carbocycles. The van der Waals surface area contributed by atoms with Gasteiger partial charge >= 0.3 is 12.0 Å². The van der Waals surface area contributed by atoms with E-state index in [1.807, 2.05) is 26.8 Å². The third-order valence-corrected chi connectivity index (χ3v) is 3.90.